The molecule has 44 heavy (non-hydrogen) atoms. The van der Waals surface area contributed by atoms with Crippen molar-refractivity contribution < 1.29 is 31.6 Å². The molecule has 12 heteroatoms. The third-order valence-electron chi connectivity index (χ3n) is 7.41. The van der Waals surface area contributed by atoms with Crippen molar-refractivity contribution in [2.24, 2.45) is 5.14 Å². The summed E-state index contributed by atoms with van der Waals surface area (Å²) < 4.78 is 42.6. The highest BCUT2D eigenvalue weighted by Crippen LogP contribution is 2.30. The molecule has 1 saturated heterocycles. The van der Waals surface area contributed by atoms with Gasteiger partial charge in [0.1, 0.15) is 17.4 Å². The molecule has 3 amide bonds. The lowest BCUT2D eigenvalue weighted by Crippen LogP contribution is -2.46. The molecule has 6 rings (SSSR count). The van der Waals surface area contributed by atoms with Crippen LogP contribution < -0.4 is 10.0 Å². The van der Waals surface area contributed by atoms with Crippen LogP contribution in [0.1, 0.15) is 22.3 Å². The summed E-state index contributed by atoms with van der Waals surface area (Å²) in [5.74, 6) is -1.75. The Morgan fingerprint density at radius 3 is 2.30 bits per heavy atom. The topological polar surface area (TPSA) is 144 Å². The Morgan fingerprint density at radius 2 is 1.64 bits per heavy atom. The SMILES string of the molecule is NS(=O)(=O)c1ccc(CCN(C(=O)c2ccc(F)cc2)C2CC(=O)N(c3ccc(-c4nc5ccccc5o4)cc3)C2=O)cc1. The fourth-order valence-corrected chi connectivity index (χ4v) is 5.65. The number of sulfonamides is 1. The quantitative estimate of drug-likeness (QED) is 0.257. The molecule has 0 spiro atoms. The molecular formula is C32H25FN4O6S. The second-order valence-corrected chi connectivity index (χ2v) is 11.8. The summed E-state index contributed by atoms with van der Waals surface area (Å²) in [5, 5.41) is 5.18. The van der Waals surface area contributed by atoms with Crippen LogP contribution in [0, 0.1) is 5.82 Å². The van der Waals surface area contributed by atoms with Gasteiger partial charge in [-0.1, -0.05) is 24.3 Å². The summed E-state index contributed by atoms with van der Waals surface area (Å²) in [4.78, 5) is 47.3. The number of oxazole rings is 1. The highest BCUT2D eigenvalue weighted by Gasteiger charge is 2.44. The number of hydrogen-bond acceptors (Lipinski definition) is 7. The number of benzene rings is 4. The summed E-state index contributed by atoms with van der Waals surface area (Å²) in [6.45, 7) is 0.0269. The van der Waals surface area contributed by atoms with Crippen LogP contribution in [0.4, 0.5) is 10.1 Å². The molecule has 1 aliphatic heterocycles. The summed E-state index contributed by atoms with van der Waals surface area (Å²) in [7, 11) is -3.88. The third-order valence-corrected chi connectivity index (χ3v) is 8.34. The minimum Gasteiger partial charge on any atom is -0.436 e. The Hall–Kier alpha value is -5.20. The first-order chi connectivity index (χ1) is 21.1. The molecule has 1 aromatic heterocycles. The van der Waals surface area contributed by atoms with Crippen molar-refractivity contribution in [1.82, 2.24) is 9.88 Å². The smallest absolute Gasteiger partial charge is 0.257 e. The maximum absolute atomic E-state index is 13.7. The molecule has 1 atom stereocenters. The number of amides is 3. The number of imide groups is 1. The van der Waals surface area contributed by atoms with E-state index in [1.807, 2.05) is 18.2 Å². The third kappa shape index (κ3) is 5.72. The van der Waals surface area contributed by atoms with Crippen LogP contribution in [-0.4, -0.2) is 48.6 Å². The van der Waals surface area contributed by atoms with E-state index in [2.05, 4.69) is 4.98 Å². The van der Waals surface area contributed by atoms with Crippen LogP contribution in [0.5, 0.6) is 0 Å². The first kappa shape index (κ1) is 28.9. The number of carbonyl (C=O) groups excluding carboxylic acids is 3. The number of hydrogen-bond donors (Lipinski definition) is 1. The molecule has 222 valence electrons. The average Bonchev–Trinajstić information content (AvgIpc) is 3.58. The van der Waals surface area contributed by atoms with E-state index in [1.165, 1.54) is 29.2 Å². The number of carbonyl (C=O) groups is 3. The molecular weight excluding hydrogens is 587 g/mol. The zero-order valence-electron chi connectivity index (χ0n) is 23.1. The molecule has 1 unspecified atom stereocenters. The summed E-state index contributed by atoms with van der Waals surface area (Å²) in [5.41, 5.74) is 3.14. The molecule has 4 aromatic carbocycles. The number of nitrogens with two attached hydrogens (primary N) is 1. The number of primary sulfonamides is 1. The molecule has 0 aliphatic carbocycles. The van der Waals surface area contributed by atoms with Crippen molar-refractivity contribution in [3.63, 3.8) is 0 Å². The molecule has 5 aromatic rings. The molecule has 2 heterocycles. The number of aromatic nitrogens is 1. The predicted molar refractivity (Wildman–Crippen MR) is 159 cm³/mol. The minimum absolute atomic E-state index is 0.0269. The van der Waals surface area contributed by atoms with E-state index >= 15 is 0 Å². The van der Waals surface area contributed by atoms with E-state index in [-0.39, 0.29) is 29.8 Å². The van der Waals surface area contributed by atoms with Gasteiger partial charge >= 0.3 is 0 Å². The van der Waals surface area contributed by atoms with Crippen LogP contribution in [0.2, 0.25) is 0 Å². The maximum Gasteiger partial charge on any atom is 0.257 e. The first-order valence-electron chi connectivity index (χ1n) is 13.6. The highest BCUT2D eigenvalue weighted by atomic mass is 32.2. The molecule has 1 fully saturated rings. The van der Waals surface area contributed by atoms with Gasteiger partial charge in [-0.15, -0.1) is 0 Å². The van der Waals surface area contributed by atoms with Gasteiger partial charge in [-0.3, -0.25) is 14.4 Å². The number of para-hydroxylation sites is 2. The molecule has 0 saturated carbocycles. The fraction of sp³-hybridized carbons (Fsp3) is 0.125. The second-order valence-electron chi connectivity index (χ2n) is 10.3. The monoisotopic (exact) mass is 612 g/mol. The normalized spacial score (nSPS) is 15.2. The van der Waals surface area contributed by atoms with E-state index in [9.17, 15) is 27.2 Å². The summed E-state index contributed by atoms with van der Waals surface area (Å²) in [6, 6.07) is 23.6. The van der Waals surface area contributed by atoms with Crippen molar-refractivity contribution in [1.29, 1.82) is 0 Å². The first-order valence-corrected chi connectivity index (χ1v) is 15.1. The van der Waals surface area contributed by atoms with Gasteiger partial charge < -0.3 is 9.32 Å². The minimum atomic E-state index is -3.88. The summed E-state index contributed by atoms with van der Waals surface area (Å²) in [6.07, 6.45) is -0.00198. The van der Waals surface area contributed by atoms with Crippen molar-refractivity contribution >= 4 is 44.5 Å². The van der Waals surface area contributed by atoms with Crippen LogP contribution >= 0.6 is 0 Å². The van der Waals surface area contributed by atoms with Crippen molar-refractivity contribution in [2.45, 2.75) is 23.8 Å². The standard InChI is InChI=1S/C32H25FN4O6S/c33-23-11-7-22(8-12-23)31(39)36(18-17-20-5-15-25(16-6-20)44(34,41)42)27-19-29(38)37(32(27)40)24-13-9-21(10-14-24)30-35-26-3-1-2-4-28(26)43-30/h1-16,27H,17-19H2,(H2,34,41,42). The zero-order chi connectivity index (χ0) is 31.0. The fourth-order valence-electron chi connectivity index (χ4n) is 5.13. The van der Waals surface area contributed by atoms with Gasteiger partial charge in [-0.25, -0.2) is 27.8 Å². The van der Waals surface area contributed by atoms with Crippen LogP contribution in [0.3, 0.4) is 0 Å². The number of halogens is 1. The van der Waals surface area contributed by atoms with Gasteiger partial charge in [-0.05, 0) is 84.8 Å². The van der Waals surface area contributed by atoms with Gasteiger partial charge in [-0.2, -0.15) is 0 Å². The van der Waals surface area contributed by atoms with E-state index in [4.69, 9.17) is 9.56 Å². The Kier molecular flexibility index (Phi) is 7.53. The molecule has 2 N–H and O–H groups in total. The van der Waals surface area contributed by atoms with Gasteiger partial charge in [0.25, 0.3) is 11.8 Å². The molecule has 1 aliphatic rings. The number of rotatable bonds is 8. The second kappa shape index (κ2) is 11.5. The van der Waals surface area contributed by atoms with Gasteiger partial charge in [0.2, 0.25) is 21.8 Å². The number of anilines is 1. The lowest BCUT2D eigenvalue weighted by molar-refractivity contribution is -0.122. The van der Waals surface area contributed by atoms with Crippen LogP contribution in [0.25, 0.3) is 22.6 Å². The highest BCUT2D eigenvalue weighted by molar-refractivity contribution is 7.89. The van der Waals surface area contributed by atoms with E-state index < -0.39 is 39.6 Å². The Bertz CT molecular complexity index is 1960. The molecule has 0 bridgehead atoms. The Balaban J connectivity index is 1.25. The zero-order valence-corrected chi connectivity index (χ0v) is 23.9. The Morgan fingerprint density at radius 1 is 0.955 bits per heavy atom. The van der Waals surface area contributed by atoms with Crippen molar-refractivity contribution in [2.75, 3.05) is 11.4 Å². The van der Waals surface area contributed by atoms with Crippen molar-refractivity contribution in [3.05, 3.63) is 114 Å². The maximum atomic E-state index is 13.7. The molecule has 10 nitrogen and oxygen atoms in total. The predicted octanol–water partition coefficient (Wildman–Crippen LogP) is 4.30. The van der Waals surface area contributed by atoms with E-state index in [0.717, 1.165) is 17.0 Å². The lowest BCUT2D eigenvalue weighted by Gasteiger charge is -2.28. The van der Waals surface area contributed by atoms with Gasteiger partial charge in [0.05, 0.1) is 17.0 Å². The van der Waals surface area contributed by atoms with Gasteiger partial charge in [0.15, 0.2) is 5.58 Å². The summed E-state index contributed by atoms with van der Waals surface area (Å²) >= 11 is 0. The lowest BCUT2D eigenvalue weighted by atomic mass is 10.1. The van der Waals surface area contributed by atoms with E-state index in [0.29, 0.717) is 33.8 Å². The van der Waals surface area contributed by atoms with Crippen LogP contribution in [0.15, 0.2) is 106 Å². The number of nitrogens with zero attached hydrogens (tertiary/aromatic N) is 3. The van der Waals surface area contributed by atoms with Gasteiger partial charge in [0, 0.05) is 17.7 Å². The Labute approximate surface area is 251 Å². The largest absolute Gasteiger partial charge is 0.436 e. The van der Waals surface area contributed by atoms with Crippen LogP contribution in [-0.2, 0) is 26.0 Å². The van der Waals surface area contributed by atoms with E-state index in [1.54, 1.807) is 42.5 Å². The average molecular weight is 613 g/mol. The molecule has 0 radical (unpaired) electrons. The van der Waals surface area contributed by atoms with Crippen molar-refractivity contribution in [3.8, 4) is 11.5 Å². The number of fused-ring (bicyclic) bond motifs is 1.